The molecule has 0 spiro atoms. The number of hydrogen-bond donors (Lipinski definition) is 2. The van der Waals surface area contributed by atoms with Gasteiger partial charge < -0.3 is 10.4 Å². The molecular formula is C16H27NO. The van der Waals surface area contributed by atoms with E-state index in [4.69, 9.17) is 0 Å². The van der Waals surface area contributed by atoms with Gasteiger partial charge in [0.25, 0.3) is 0 Å². The van der Waals surface area contributed by atoms with E-state index in [1.54, 1.807) is 0 Å². The summed E-state index contributed by atoms with van der Waals surface area (Å²) in [5.74, 6) is 0.172. The lowest BCUT2D eigenvalue weighted by atomic mass is 9.80. The van der Waals surface area contributed by atoms with Crippen molar-refractivity contribution < 1.29 is 5.11 Å². The average molecular weight is 249 g/mol. The number of aliphatic hydroxyl groups is 1. The Morgan fingerprint density at radius 1 is 1.06 bits per heavy atom. The molecule has 1 unspecified atom stereocenters. The van der Waals surface area contributed by atoms with Gasteiger partial charge in [0.2, 0.25) is 0 Å². The van der Waals surface area contributed by atoms with E-state index in [-0.39, 0.29) is 11.3 Å². The van der Waals surface area contributed by atoms with Crippen molar-refractivity contribution in [1.82, 2.24) is 5.32 Å². The Morgan fingerprint density at radius 2 is 1.50 bits per heavy atom. The Balaban J connectivity index is 3.09. The first-order valence-corrected chi connectivity index (χ1v) is 6.70. The molecule has 0 heterocycles. The number of likely N-dealkylation sites (N-methyl/N-ethyl adjacent to an activating group) is 1. The zero-order chi connectivity index (χ0) is 14.0. The van der Waals surface area contributed by atoms with E-state index in [0.29, 0.717) is 6.54 Å². The van der Waals surface area contributed by atoms with Gasteiger partial charge in [-0.1, -0.05) is 58.9 Å². The molecule has 1 atom stereocenters. The molecule has 0 amide bonds. The monoisotopic (exact) mass is 249 g/mol. The van der Waals surface area contributed by atoms with Gasteiger partial charge in [0.15, 0.2) is 0 Å². The van der Waals surface area contributed by atoms with Gasteiger partial charge in [-0.25, -0.2) is 0 Å². The highest BCUT2D eigenvalue weighted by Crippen LogP contribution is 2.31. The molecule has 0 aliphatic rings. The molecule has 2 nitrogen and oxygen atoms in total. The minimum atomic E-state index is -0.800. The molecule has 0 radical (unpaired) electrons. The van der Waals surface area contributed by atoms with E-state index in [0.717, 1.165) is 5.56 Å². The fourth-order valence-corrected chi connectivity index (χ4v) is 2.17. The maximum atomic E-state index is 10.8. The second-order valence-corrected chi connectivity index (χ2v) is 6.44. The SMILES string of the molecule is CNCC(O)(c1ccc(C(C)(C)C)cc1)C(C)C. The summed E-state index contributed by atoms with van der Waals surface area (Å²) in [6.07, 6.45) is 0. The van der Waals surface area contributed by atoms with Crippen molar-refractivity contribution >= 4 is 0 Å². The highest BCUT2D eigenvalue weighted by molar-refractivity contribution is 5.31. The number of nitrogens with one attached hydrogen (secondary N) is 1. The number of rotatable bonds is 4. The van der Waals surface area contributed by atoms with Gasteiger partial charge in [-0.05, 0) is 29.5 Å². The minimum absolute atomic E-state index is 0.150. The first kappa shape index (κ1) is 15.2. The Bertz CT molecular complexity index is 375. The van der Waals surface area contributed by atoms with Crippen molar-refractivity contribution in [3.8, 4) is 0 Å². The summed E-state index contributed by atoms with van der Waals surface area (Å²) in [6, 6.07) is 8.35. The van der Waals surface area contributed by atoms with Crippen LogP contribution >= 0.6 is 0 Å². The van der Waals surface area contributed by atoms with Crippen LogP contribution in [0.3, 0.4) is 0 Å². The smallest absolute Gasteiger partial charge is 0.104 e. The Hall–Kier alpha value is -0.860. The lowest BCUT2D eigenvalue weighted by molar-refractivity contribution is -0.00759. The van der Waals surface area contributed by atoms with E-state index < -0.39 is 5.60 Å². The summed E-state index contributed by atoms with van der Waals surface area (Å²) < 4.78 is 0. The second kappa shape index (κ2) is 5.41. The van der Waals surface area contributed by atoms with E-state index in [1.807, 2.05) is 7.05 Å². The Morgan fingerprint density at radius 3 is 1.83 bits per heavy atom. The summed E-state index contributed by atoms with van der Waals surface area (Å²) >= 11 is 0. The van der Waals surface area contributed by atoms with Crippen molar-refractivity contribution in [3.05, 3.63) is 35.4 Å². The van der Waals surface area contributed by atoms with Gasteiger partial charge >= 0.3 is 0 Å². The molecule has 1 rings (SSSR count). The summed E-state index contributed by atoms with van der Waals surface area (Å²) in [5.41, 5.74) is 1.63. The molecule has 0 bridgehead atoms. The normalized spacial score (nSPS) is 15.8. The summed E-state index contributed by atoms with van der Waals surface area (Å²) in [6.45, 7) is 11.3. The van der Waals surface area contributed by atoms with E-state index in [2.05, 4.69) is 64.2 Å². The largest absolute Gasteiger partial charge is 0.384 e. The van der Waals surface area contributed by atoms with Crippen LogP contribution in [0.4, 0.5) is 0 Å². The maximum absolute atomic E-state index is 10.8. The zero-order valence-electron chi connectivity index (χ0n) is 12.5. The molecule has 0 saturated carbocycles. The summed E-state index contributed by atoms with van der Waals surface area (Å²) in [5, 5.41) is 13.9. The molecule has 1 aromatic carbocycles. The van der Waals surface area contributed by atoms with Crippen molar-refractivity contribution in [2.24, 2.45) is 5.92 Å². The predicted molar refractivity (Wildman–Crippen MR) is 77.8 cm³/mol. The van der Waals surface area contributed by atoms with E-state index in [1.165, 1.54) is 5.56 Å². The summed E-state index contributed by atoms with van der Waals surface area (Å²) in [4.78, 5) is 0. The third-order valence-corrected chi connectivity index (χ3v) is 3.65. The average Bonchev–Trinajstić information content (AvgIpc) is 2.28. The van der Waals surface area contributed by atoms with Crippen molar-refractivity contribution in [3.63, 3.8) is 0 Å². The van der Waals surface area contributed by atoms with Gasteiger partial charge in [0, 0.05) is 6.54 Å². The molecule has 2 N–H and O–H groups in total. The Labute approximate surface area is 111 Å². The molecule has 2 heteroatoms. The molecule has 0 aliphatic carbocycles. The predicted octanol–water partition coefficient (Wildman–Crippen LogP) is 3.05. The molecule has 18 heavy (non-hydrogen) atoms. The fraction of sp³-hybridized carbons (Fsp3) is 0.625. The van der Waals surface area contributed by atoms with Crippen LogP contribution in [0.2, 0.25) is 0 Å². The third kappa shape index (κ3) is 3.12. The quantitative estimate of drug-likeness (QED) is 0.859. The Kier molecular flexibility index (Phi) is 4.57. The molecule has 0 fully saturated rings. The first-order valence-electron chi connectivity index (χ1n) is 6.70. The van der Waals surface area contributed by atoms with Crippen molar-refractivity contribution in [1.29, 1.82) is 0 Å². The summed E-state index contributed by atoms with van der Waals surface area (Å²) in [7, 11) is 1.87. The lowest BCUT2D eigenvalue weighted by Gasteiger charge is -2.33. The van der Waals surface area contributed by atoms with Crippen molar-refractivity contribution in [2.45, 2.75) is 45.6 Å². The molecule has 0 aromatic heterocycles. The standard InChI is InChI=1S/C16H27NO/c1-12(2)16(18,11-17-6)14-9-7-13(8-10-14)15(3,4)5/h7-10,12,17-18H,11H2,1-6H3. The van der Waals surface area contributed by atoms with Crippen LogP contribution in [0.25, 0.3) is 0 Å². The van der Waals surface area contributed by atoms with Crippen molar-refractivity contribution in [2.75, 3.05) is 13.6 Å². The van der Waals surface area contributed by atoms with Crippen LogP contribution in [0.5, 0.6) is 0 Å². The highest BCUT2D eigenvalue weighted by Gasteiger charge is 2.32. The highest BCUT2D eigenvalue weighted by atomic mass is 16.3. The maximum Gasteiger partial charge on any atom is 0.104 e. The molecule has 0 aliphatic heterocycles. The van der Waals surface area contributed by atoms with Gasteiger partial charge in [0.1, 0.15) is 5.60 Å². The number of hydrogen-bond acceptors (Lipinski definition) is 2. The van der Waals surface area contributed by atoms with Crippen LogP contribution in [0.1, 0.15) is 45.7 Å². The topological polar surface area (TPSA) is 32.3 Å². The minimum Gasteiger partial charge on any atom is -0.384 e. The fourth-order valence-electron chi connectivity index (χ4n) is 2.17. The van der Waals surface area contributed by atoms with E-state index >= 15 is 0 Å². The number of benzene rings is 1. The van der Waals surface area contributed by atoms with Crippen LogP contribution < -0.4 is 5.32 Å². The van der Waals surface area contributed by atoms with E-state index in [9.17, 15) is 5.11 Å². The molecule has 102 valence electrons. The van der Waals surface area contributed by atoms with Crippen LogP contribution in [-0.4, -0.2) is 18.7 Å². The third-order valence-electron chi connectivity index (χ3n) is 3.65. The van der Waals surface area contributed by atoms with Gasteiger partial charge in [-0.2, -0.15) is 0 Å². The molecule has 1 aromatic rings. The van der Waals surface area contributed by atoms with Gasteiger partial charge in [-0.15, -0.1) is 0 Å². The molecule has 0 saturated heterocycles. The van der Waals surface area contributed by atoms with Crippen LogP contribution in [-0.2, 0) is 11.0 Å². The van der Waals surface area contributed by atoms with Crippen LogP contribution in [0.15, 0.2) is 24.3 Å². The second-order valence-electron chi connectivity index (χ2n) is 6.44. The lowest BCUT2D eigenvalue weighted by Crippen LogP contribution is -2.41. The molecular weight excluding hydrogens is 222 g/mol. The first-order chi connectivity index (χ1) is 8.21. The zero-order valence-corrected chi connectivity index (χ0v) is 12.5. The van der Waals surface area contributed by atoms with Gasteiger partial charge in [-0.3, -0.25) is 0 Å². The van der Waals surface area contributed by atoms with Crippen LogP contribution in [0, 0.1) is 5.92 Å². The van der Waals surface area contributed by atoms with Gasteiger partial charge in [0.05, 0.1) is 0 Å².